The molecule has 0 aromatic rings. The fourth-order valence-electron chi connectivity index (χ4n) is 2.36. The van der Waals surface area contributed by atoms with Crippen LogP contribution in [0.1, 0.15) is 32.1 Å². The number of aliphatic hydroxyl groups is 1. The van der Waals surface area contributed by atoms with E-state index in [9.17, 15) is 4.79 Å². The van der Waals surface area contributed by atoms with E-state index in [2.05, 4.69) is 0 Å². The summed E-state index contributed by atoms with van der Waals surface area (Å²) < 4.78 is 4.94. The number of hydrogen-bond donors (Lipinski definition) is 2. The quantitative estimate of drug-likeness (QED) is 0.623. The number of nitrogens with zero attached hydrogens (tertiary/aromatic N) is 1. The molecule has 1 heterocycles. The Bertz CT molecular complexity index is 236. The van der Waals surface area contributed by atoms with E-state index in [-0.39, 0.29) is 18.6 Å². The highest BCUT2D eigenvalue weighted by Gasteiger charge is 2.30. The molecule has 3 N–H and O–H groups in total. The van der Waals surface area contributed by atoms with Gasteiger partial charge in [0.15, 0.2) is 0 Å². The summed E-state index contributed by atoms with van der Waals surface area (Å²) in [5.74, 6) is 0.0250. The van der Waals surface area contributed by atoms with Crippen molar-refractivity contribution in [3.05, 3.63) is 0 Å². The van der Waals surface area contributed by atoms with Crippen LogP contribution in [0.25, 0.3) is 0 Å². The number of hydrogen-bond acceptors (Lipinski definition) is 4. The highest BCUT2D eigenvalue weighted by molar-refractivity contribution is 5.82. The number of carbonyl (C=O) groups is 1. The third-order valence-electron chi connectivity index (χ3n) is 3.30. The first-order valence-corrected chi connectivity index (χ1v) is 6.36. The second kappa shape index (κ2) is 7.63. The molecule has 1 aliphatic rings. The van der Waals surface area contributed by atoms with Crippen LogP contribution in [0.15, 0.2) is 0 Å². The minimum atomic E-state index is -0.426. The molecule has 5 nitrogen and oxygen atoms in total. The van der Waals surface area contributed by atoms with Crippen LogP contribution >= 0.6 is 0 Å². The SMILES string of the molecule is COCCCC(N)C(=O)N1CCCC1CCO. The lowest BCUT2D eigenvalue weighted by molar-refractivity contribution is -0.133. The van der Waals surface area contributed by atoms with Crippen molar-refractivity contribution < 1.29 is 14.6 Å². The second-order valence-electron chi connectivity index (χ2n) is 4.58. The summed E-state index contributed by atoms with van der Waals surface area (Å²) >= 11 is 0. The van der Waals surface area contributed by atoms with Gasteiger partial charge in [-0.3, -0.25) is 4.79 Å². The molecular weight excluding hydrogens is 220 g/mol. The second-order valence-corrected chi connectivity index (χ2v) is 4.58. The Labute approximate surface area is 103 Å². The van der Waals surface area contributed by atoms with Gasteiger partial charge >= 0.3 is 0 Å². The highest BCUT2D eigenvalue weighted by atomic mass is 16.5. The molecule has 1 amide bonds. The van der Waals surface area contributed by atoms with Crippen molar-refractivity contribution in [2.75, 3.05) is 26.9 Å². The normalized spacial score (nSPS) is 21.8. The molecular formula is C12H24N2O3. The number of likely N-dealkylation sites (tertiary alicyclic amines) is 1. The van der Waals surface area contributed by atoms with Gasteiger partial charge in [0.25, 0.3) is 0 Å². The topological polar surface area (TPSA) is 75.8 Å². The van der Waals surface area contributed by atoms with Crippen molar-refractivity contribution in [1.29, 1.82) is 0 Å². The van der Waals surface area contributed by atoms with Crippen LogP contribution in [0.2, 0.25) is 0 Å². The zero-order chi connectivity index (χ0) is 12.7. The van der Waals surface area contributed by atoms with Crippen molar-refractivity contribution in [2.24, 2.45) is 5.73 Å². The summed E-state index contributed by atoms with van der Waals surface area (Å²) in [7, 11) is 1.64. The van der Waals surface area contributed by atoms with Crippen molar-refractivity contribution >= 4 is 5.91 Å². The van der Waals surface area contributed by atoms with Gasteiger partial charge in [-0.2, -0.15) is 0 Å². The maximum atomic E-state index is 12.1. The van der Waals surface area contributed by atoms with E-state index in [0.29, 0.717) is 19.4 Å². The average molecular weight is 244 g/mol. The molecule has 0 bridgehead atoms. The van der Waals surface area contributed by atoms with Crippen LogP contribution in [-0.2, 0) is 9.53 Å². The van der Waals surface area contributed by atoms with Gasteiger partial charge in [0.2, 0.25) is 5.91 Å². The Morgan fingerprint density at radius 1 is 1.65 bits per heavy atom. The predicted octanol–water partition coefficient (Wildman–Crippen LogP) is 0.114. The van der Waals surface area contributed by atoms with E-state index >= 15 is 0 Å². The van der Waals surface area contributed by atoms with E-state index in [1.807, 2.05) is 4.90 Å². The Balaban J connectivity index is 2.39. The third-order valence-corrected chi connectivity index (χ3v) is 3.30. The molecule has 1 fully saturated rings. The van der Waals surface area contributed by atoms with Crippen LogP contribution in [-0.4, -0.2) is 54.9 Å². The molecule has 2 unspecified atom stereocenters. The standard InChI is InChI=1S/C12H24N2O3/c1-17-9-3-5-11(13)12(16)14-7-2-4-10(14)6-8-15/h10-11,15H,2-9,13H2,1H3. The molecule has 5 heteroatoms. The fraction of sp³-hybridized carbons (Fsp3) is 0.917. The smallest absolute Gasteiger partial charge is 0.239 e. The van der Waals surface area contributed by atoms with Crippen molar-refractivity contribution in [2.45, 2.75) is 44.2 Å². The molecule has 100 valence electrons. The summed E-state index contributed by atoms with van der Waals surface area (Å²) in [5, 5.41) is 8.95. The lowest BCUT2D eigenvalue weighted by Gasteiger charge is -2.27. The molecule has 2 atom stereocenters. The predicted molar refractivity (Wildman–Crippen MR) is 65.5 cm³/mol. The van der Waals surface area contributed by atoms with Crippen LogP contribution in [0, 0.1) is 0 Å². The first-order valence-electron chi connectivity index (χ1n) is 6.36. The fourth-order valence-corrected chi connectivity index (χ4v) is 2.36. The Morgan fingerprint density at radius 2 is 2.41 bits per heavy atom. The Morgan fingerprint density at radius 3 is 3.06 bits per heavy atom. The maximum absolute atomic E-state index is 12.1. The van der Waals surface area contributed by atoms with Crippen LogP contribution in [0.5, 0.6) is 0 Å². The van der Waals surface area contributed by atoms with Gasteiger partial charge in [-0.1, -0.05) is 0 Å². The van der Waals surface area contributed by atoms with E-state index in [0.717, 1.165) is 25.8 Å². The minimum absolute atomic E-state index is 0.0250. The van der Waals surface area contributed by atoms with E-state index in [1.54, 1.807) is 7.11 Å². The number of carbonyl (C=O) groups excluding carboxylic acids is 1. The molecule has 0 radical (unpaired) electrons. The lowest BCUT2D eigenvalue weighted by Crippen LogP contribution is -2.46. The Hall–Kier alpha value is -0.650. The monoisotopic (exact) mass is 244 g/mol. The third kappa shape index (κ3) is 4.26. The molecule has 0 saturated carbocycles. The summed E-state index contributed by atoms with van der Waals surface area (Å²) in [6.07, 6.45) is 4.13. The summed E-state index contributed by atoms with van der Waals surface area (Å²) in [5.41, 5.74) is 5.89. The lowest BCUT2D eigenvalue weighted by atomic mass is 10.1. The van der Waals surface area contributed by atoms with Gasteiger partial charge in [-0.25, -0.2) is 0 Å². The van der Waals surface area contributed by atoms with Gasteiger partial charge in [-0.15, -0.1) is 0 Å². The largest absolute Gasteiger partial charge is 0.396 e. The zero-order valence-corrected chi connectivity index (χ0v) is 10.6. The molecule has 0 aromatic heterocycles. The number of nitrogens with two attached hydrogens (primary N) is 1. The molecule has 1 aliphatic heterocycles. The Kier molecular flexibility index (Phi) is 6.47. The number of methoxy groups -OCH3 is 1. The van der Waals surface area contributed by atoms with Crippen LogP contribution in [0.3, 0.4) is 0 Å². The van der Waals surface area contributed by atoms with Gasteiger partial charge in [0.05, 0.1) is 6.04 Å². The van der Waals surface area contributed by atoms with E-state index in [4.69, 9.17) is 15.6 Å². The number of rotatable bonds is 7. The van der Waals surface area contributed by atoms with Gasteiger partial charge in [0, 0.05) is 32.9 Å². The van der Waals surface area contributed by atoms with Gasteiger partial charge < -0.3 is 20.5 Å². The summed E-state index contributed by atoms with van der Waals surface area (Å²) in [6, 6.07) is -0.245. The molecule has 0 spiro atoms. The number of ether oxygens (including phenoxy) is 1. The summed E-state index contributed by atoms with van der Waals surface area (Å²) in [6.45, 7) is 1.55. The molecule has 1 saturated heterocycles. The van der Waals surface area contributed by atoms with E-state index < -0.39 is 6.04 Å². The van der Waals surface area contributed by atoms with Crippen LogP contribution < -0.4 is 5.73 Å². The highest BCUT2D eigenvalue weighted by Crippen LogP contribution is 2.21. The van der Waals surface area contributed by atoms with Gasteiger partial charge in [0.1, 0.15) is 0 Å². The average Bonchev–Trinajstić information content (AvgIpc) is 2.77. The first-order chi connectivity index (χ1) is 8.20. The molecule has 17 heavy (non-hydrogen) atoms. The summed E-state index contributed by atoms with van der Waals surface area (Å²) in [4.78, 5) is 13.9. The van der Waals surface area contributed by atoms with E-state index in [1.165, 1.54) is 0 Å². The zero-order valence-electron chi connectivity index (χ0n) is 10.6. The van der Waals surface area contributed by atoms with Crippen molar-refractivity contribution in [1.82, 2.24) is 4.90 Å². The number of aliphatic hydroxyl groups excluding tert-OH is 1. The van der Waals surface area contributed by atoms with Crippen molar-refractivity contribution in [3.8, 4) is 0 Å². The van der Waals surface area contributed by atoms with Gasteiger partial charge in [-0.05, 0) is 32.1 Å². The maximum Gasteiger partial charge on any atom is 0.239 e. The molecule has 0 aliphatic carbocycles. The number of amides is 1. The van der Waals surface area contributed by atoms with Crippen LogP contribution in [0.4, 0.5) is 0 Å². The molecule has 1 rings (SSSR count). The van der Waals surface area contributed by atoms with Crippen molar-refractivity contribution in [3.63, 3.8) is 0 Å². The first kappa shape index (κ1) is 14.4. The molecule has 0 aromatic carbocycles. The minimum Gasteiger partial charge on any atom is -0.396 e.